The molecule has 0 radical (unpaired) electrons. The predicted molar refractivity (Wildman–Crippen MR) is 97.7 cm³/mol. The Bertz CT molecular complexity index is 963. The van der Waals surface area contributed by atoms with E-state index in [0.29, 0.717) is 5.75 Å². The van der Waals surface area contributed by atoms with Gasteiger partial charge in [-0.25, -0.2) is 8.78 Å². The molecular weight excluding hydrogens is 390 g/mol. The summed E-state index contributed by atoms with van der Waals surface area (Å²) in [5.41, 5.74) is 0.221. The first-order valence-corrected chi connectivity index (χ1v) is 9.20. The van der Waals surface area contributed by atoms with Gasteiger partial charge in [-0.3, -0.25) is 4.79 Å². The highest BCUT2D eigenvalue weighted by molar-refractivity contribution is 7.99. The van der Waals surface area contributed by atoms with Crippen LogP contribution in [0.1, 0.15) is 29.3 Å². The molecule has 3 rings (SSSR count). The van der Waals surface area contributed by atoms with Gasteiger partial charge in [0.15, 0.2) is 23.5 Å². The third-order valence-corrected chi connectivity index (χ3v) is 4.52. The lowest BCUT2D eigenvalue weighted by molar-refractivity contribution is 0.102. The van der Waals surface area contributed by atoms with Gasteiger partial charge in [0.25, 0.3) is 11.1 Å². The standard InChI is InChI=1S/C19H16F2N2O4S/c1-11(26-14-6-4-13(20)5-7-14)18-22-23-19(27-18)28-10-16(24)12-3-8-17(25-2)15(21)9-12/h3-9,11H,10H2,1-2H3/t11-/m1/s1. The molecule has 28 heavy (non-hydrogen) atoms. The molecular formula is C19H16F2N2O4S. The van der Waals surface area contributed by atoms with Gasteiger partial charge in [0.2, 0.25) is 0 Å². The van der Waals surface area contributed by atoms with Gasteiger partial charge in [0.1, 0.15) is 11.6 Å². The number of hydrogen-bond donors (Lipinski definition) is 0. The van der Waals surface area contributed by atoms with Crippen molar-refractivity contribution in [2.24, 2.45) is 0 Å². The predicted octanol–water partition coefficient (Wildman–Crippen LogP) is 4.47. The number of methoxy groups -OCH3 is 1. The van der Waals surface area contributed by atoms with E-state index in [1.54, 1.807) is 6.92 Å². The van der Waals surface area contributed by atoms with Crippen LogP contribution in [-0.4, -0.2) is 28.8 Å². The molecule has 1 heterocycles. The fourth-order valence-electron chi connectivity index (χ4n) is 2.26. The molecule has 6 nitrogen and oxygen atoms in total. The molecule has 0 bridgehead atoms. The number of carbonyl (C=O) groups is 1. The zero-order valence-electron chi connectivity index (χ0n) is 15.0. The average molecular weight is 406 g/mol. The maximum atomic E-state index is 13.7. The highest BCUT2D eigenvalue weighted by Crippen LogP contribution is 2.25. The number of aromatic nitrogens is 2. The quantitative estimate of drug-likeness (QED) is 0.404. The maximum absolute atomic E-state index is 13.7. The van der Waals surface area contributed by atoms with Crippen molar-refractivity contribution in [3.63, 3.8) is 0 Å². The summed E-state index contributed by atoms with van der Waals surface area (Å²) in [7, 11) is 1.35. The first kappa shape index (κ1) is 19.8. The third-order valence-electron chi connectivity index (χ3n) is 3.70. The van der Waals surface area contributed by atoms with Gasteiger partial charge in [0, 0.05) is 5.56 Å². The number of thioether (sulfide) groups is 1. The number of carbonyl (C=O) groups excluding carboxylic acids is 1. The van der Waals surface area contributed by atoms with Gasteiger partial charge in [-0.05, 0) is 49.4 Å². The lowest BCUT2D eigenvalue weighted by Crippen LogP contribution is -2.03. The van der Waals surface area contributed by atoms with E-state index in [4.69, 9.17) is 13.9 Å². The van der Waals surface area contributed by atoms with Crippen LogP contribution in [0, 0.1) is 11.6 Å². The molecule has 0 spiro atoms. The minimum atomic E-state index is -0.606. The number of hydrogen-bond acceptors (Lipinski definition) is 7. The number of ketones is 1. The van der Waals surface area contributed by atoms with E-state index >= 15 is 0 Å². The molecule has 9 heteroatoms. The monoisotopic (exact) mass is 406 g/mol. The SMILES string of the molecule is COc1ccc(C(=O)CSc2nnc([C@@H](C)Oc3ccc(F)cc3)o2)cc1F. The van der Waals surface area contributed by atoms with Gasteiger partial charge >= 0.3 is 0 Å². The number of benzene rings is 2. The van der Waals surface area contributed by atoms with Crippen LogP contribution in [0.2, 0.25) is 0 Å². The molecule has 0 amide bonds. The molecule has 0 N–H and O–H groups in total. The zero-order chi connectivity index (χ0) is 20.1. The molecule has 0 aliphatic rings. The summed E-state index contributed by atoms with van der Waals surface area (Å²) in [6.45, 7) is 1.70. The van der Waals surface area contributed by atoms with Crippen molar-refractivity contribution in [3.8, 4) is 11.5 Å². The van der Waals surface area contributed by atoms with Gasteiger partial charge in [-0.1, -0.05) is 11.8 Å². The highest BCUT2D eigenvalue weighted by Gasteiger charge is 2.18. The Morgan fingerprint density at radius 2 is 1.93 bits per heavy atom. The van der Waals surface area contributed by atoms with Gasteiger partial charge in [-0.2, -0.15) is 0 Å². The van der Waals surface area contributed by atoms with Crippen molar-refractivity contribution in [2.75, 3.05) is 12.9 Å². The molecule has 2 aromatic carbocycles. The van der Waals surface area contributed by atoms with Crippen molar-refractivity contribution in [2.45, 2.75) is 18.3 Å². The number of halogens is 2. The first-order valence-electron chi connectivity index (χ1n) is 8.21. The van der Waals surface area contributed by atoms with Crippen molar-refractivity contribution in [3.05, 3.63) is 65.6 Å². The topological polar surface area (TPSA) is 74.5 Å². The Morgan fingerprint density at radius 3 is 2.61 bits per heavy atom. The molecule has 1 atom stereocenters. The second kappa shape index (κ2) is 8.83. The summed E-state index contributed by atoms with van der Waals surface area (Å²) < 4.78 is 42.6. The summed E-state index contributed by atoms with van der Waals surface area (Å²) in [4.78, 5) is 12.2. The maximum Gasteiger partial charge on any atom is 0.277 e. The van der Waals surface area contributed by atoms with Crippen LogP contribution in [0.3, 0.4) is 0 Å². The molecule has 0 fully saturated rings. The van der Waals surface area contributed by atoms with E-state index in [0.717, 1.165) is 17.8 Å². The number of rotatable bonds is 8. The van der Waals surface area contributed by atoms with Crippen molar-refractivity contribution < 1.29 is 27.5 Å². The fraction of sp³-hybridized carbons (Fsp3) is 0.211. The van der Waals surface area contributed by atoms with Gasteiger partial charge in [0.05, 0.1) is 12.9 Å². The lowest BCUT2D eigenvalue weighted by atomic mass is 10.1. The van der Waals surface area contributed by atoms with Crippen LogP contribution in [-0.2, 0) is 0 Å². The van der Waals surface area contributed by atoms with Crippen LogP contribution in [0.4, 0.5) is 8.78 Å². The summed E-state index contributed by atoms with van der Waals surface area (Å²) in [5, 5.41) is 7.94. The van der Waals surface area contributed by atoms with Crippen LogP contribution >= 0.6 is 11.8 Å². The first-order chi connectivity index (χ1) is 13.5. The lowest BCUT2D eigenvalue weighted by Gasteiger charge is -2.10. The van der Waals surface area contributed by atoms with Crippen LogP contribution in [0.15, 0.2) is 52.1 Å². The Morgan fingerprint density at radius 1 is 1.18 bits per heavy atom. The third kappa shape index (κ3) is 4.86. The van der Waals surface area contributed by atoms with Crippen molar-refractivity contribution in [1.82, 2.24) is 10.2 Å². The van der Waals surface area contributed by atoms with Crippen molar-refractivity contribution >= 4 is 17.5 Å². The minimum absolute atomic E-state index is 0.000598. The fourth-order valence-corrected chi connectivity index (χ4v) is 2.93. The molecule has 3 aromatic rings. The van der Waals surface area contributed by atoms with Gasteiger partial charge in [-0.15, -0.1) is 10.2 Å². The number of Topliss-reactive ketones (excluding diaryl/α,β-unsaturated/α-hetero) is 1. The molecule has 0 aliphatic carbocycles. The van der Waals surface area contributed by atoms with E-state index in [9.17, 15) is 13.6 Å². The minimum Gasteiger partial charge on any atom is -0.494 e. The van der Waals surface area contributed by atoms with E-state index in [1.807, 2.05) is 0 Å². The Balaban J connectivity index is 1.57. The highest BCUT2D eigenvalue weighted by atomic mass is 32.2. The van der Waals surface area contributed by atoms with Crippen LogP contribution < -0.4 is 9.47 Å². The summed E-state index contributed by atoms with van der Waals surface area (Å²) >= 11 is 1.04. The molecule has 0 aliphatic heterocycles. The molecule has 1 aromatic heterocycles. The van der Waals surface area contributed by atoms with E-state index in [-0.39, 0.29) is 39.8 Å². The second-order valence-corrected chi connectivity index (χ2v) is 6.61. The summed E-state index contributed by atoms with van der Waals surface area (Å²) in [6.07, 6.45) is -0.557. The smallest absolute Gasteiger partial charge is 0.277 e. The Labute approximate surface area is 163 Å². The number of ether oxygens (including phenoxy) is 2. The normalized spacial score (nSPS) is 11.9. The van der Waals surface area contributed by atoms with E-state index in [1.165, 1.54) is 43.5 Å². The molecule has 0 unspecified atom stereocenters. The summed E-state index contributed by atoms with van der Waals surface area (Å²) in [5.74, 6) is -0.515. The number of nitrogens with zero attached hydrogens (tertiary/aromatic N) is 2. The second-order valence-electron chi connectivity index (χ2n) is 5.68. The van der Waals surface area contributed by atoms with Crippen LogP contribution in [0.5, 0.6) is 11.5 Å². The van der Waals surface area contributed by atoms with E-state index < -0.39 is 11.9 Å². The largest absolute Gasteiger partial charge is 0.494 e. The van der Waals surface area contributed by atoms with Gasteiger partial charge < -0.3 is 13.9 Å². The average Bonchev–Trinajstić information content (AvgIpc) is 3.17. The van der Waals surface area contributed by atoms with Crippen molar-refractivity contribution in [1.29, 1.82) is 0 Å². The molecule has 146 valence electrons. The Hall–Kier alpha value is -2.94. The molecule has 0 saturated carbocycles. The van der Waals surface area contributed by atoms with Crippen LogP contribution in [0.25, 0.3) is 0 Å². The molecule has 0 saturated heterocycles. The van der Waals surface area contributed by atoms with E-state index in [2.05, 4.69) is 10.2 Å². The zero-order valence-corrected chi connectivity index (χ0v) is 15.8. The summed E-state index contributed by atoms with van der Waals surface area (Å²) in [6, 6.07) is 9.55. The Kier molecular flexibility index (Phi) is 6.25.